The summed E-state index contributed by atoms with van der Waals surface area (Å²) in [5.74, 6) is -0.151. The summed E-state index contributed by atoms with van der Waals surface area (Å²) >= 11 is 5.49. The van der Waals surface area contributed by atoms with Gasteiger partial charge in [0.05, 0.1) is 6.04 Å². The molecule has 6 heteroatoms. The molecule has 0 saturated carbocycles. The predicted molar refractivity (Wildman–Crippen MR) is 55.6 cm³/mol. The van der Waals surface area contributed by atoms with Crippen LogP contribution < -0.4 is 5.73 Å². The first-order valence-electron chi connectivity index (χ1n) is 4.93. The van der Waals surface area contributed by atoms with E-state index in [1.54, 1.807) is 4.90 Å². The molecule has 0 bridgehead atoms. The van der Waals surface area contributed by atoms with Gasteiger partial charge in [0.2, 0.25) is 5.91 Å². The normalized spacial score (nSPS) is 21.1. The highest BCUT2D eigenvalue weighted by Crippen LogP contribution is 2.17. The molecule has 0 aromatic heterocycles. The molecule has 1 aliphatic rings. The van der Waals surface area contributed by atoms with E-state index in [2.05, 4.69) is 0 Å². The standard InChI is InChI=1S/C9H15ClN2O3/c10-5-8(13)12-4-2-1-3-7(12)6-15-9(11)14/h7H,1-6H2,(H2,11,14). The summed E-state index contributed by atoms with van der Waals surface area (Å²) in [4.78, 5) is 23.6. The molecule has 0 spiro atoms. The first-order chi connectivity index (χ1) is 7.15. The van der Waals surface area contributed by atoms with Crippen molar-refractivity contribution < 1.29 is 14.3 Å². The minimum Gasteiger partial charge on any atom is -0.448 e. The van der Waals surface area contributed by atoms with Crippen LogP contribution >= 0.6 is 11.6 Å². The van der Waals surface area contributed by atoms with Crippen LogP contribution in [0, 0.1) is 0 Å². The number of nitrogens with zero attached hydrogens (tertiary/aromatic N) is 1. The predicted octanol–water partition coefficient (Wildman–Crippen LogP) is 0.702. The summed E-state index contributed by atoms with van der Waals surface area (Å²) in [7, 11) is 0. The molecule has 2 amide bonds. The monoisotopic (exact) mass is 234 g/mol. The van der Waals surface area contributed by atoms with Crippen molar-refractivity contribution in [3.8, 4) is 0 Å². The second kappa shape index (κ2) is 5.80. The average Bonchev–Trinajstić information content (AvgIpc) is 2.25. The van der Waals surface area contributed by atoms with Crippen LogP contribution in [0.3, 0.4) is 0 Å². The van der Waals surface area contributed by atoms with Crippen molar-refractivity contribution in [3.05, 3.63) is 0 Å². The number of halogens is 1. The topological polar surface area (TPSA) is 72.6 Å². The number of hydrogen-bond acceptors (Lipinski definition) is 3. The number of carbonyl (C=O) groups is 2. The molecule has 1 rings (SSSR count). The van der Waals surface area contributed by atoms with Gasteiger partial charge in [0.25, 0.3) is 0 Å². The molecule has 0 aliphatic carbocycles. The number of alkyl halides is 1. The van der Waals surface area contributed by atoms with Crippen LogP contribution in [-0.4, -0.2) is 42.0 Å². The molecule has 1 unspecified atom stereocenters. The number of likely N-dealkylation sites (tertiary alicyclic amines) is 1. The van der Waals surface area contributed by atoms with E-state index in [1.165, 1.54) is 0 Å². The Bertz CT molecular complexity index is 248. The Labute approximate surface area is 93.5 Å². The van der Waals surface area contributed by atoms with Gasteiger partial charge in [0, 0.05) is 6.54 Å². The van der Waals surface area contributed by atoms with Crippen LogP contribution in [0.1, 0.15) is 19.3 Å². The van der Waals surface area contributed by atoms with E-state index in [0.717, 1.165) is 19.3 Å². The first-order valence-corrected chi connectivity index (χ1v) is 5.46. The molecule has 5 nitrogen and oxygen atoms in total. The van der Waals surface area contributed by atoms with E-state index in [4.69, 9.17) is 22.1 Å². The van der Waals surface area contributed by atoms with Gasteiger partial charge < -0.3 is 15.4 Å². The Hall–Kier alpha value is -0.970. The Balaban J connectivity index is 2.49. The van der Waals surface area contributed by atoms with E-state index in [0.29, 0.717) is 6.54 Å². The molecule has 15 heavy (non-hydrogen) atoms. The van der Waals surface area contributed by atoms with Gasteiger partial charge in [-0.05, 0) is 19.3 Å². The maximum Gasteiger partial charge on any atom is 0.404 e. The summed E-state index contributed by atoms with van der Waals surface area (Å²) in [5.41, 5.74) is 4.87. The first kappa shape index (κ1) is 12.1. The molecule has 1 fully saturated rings. The fourth-order valence-corrected chi connectivity index (χ4v) is 1.91. The van der Waals surface area contributed by atoms with E-state index in [-0.39, 0.29) is 24.4 Å². The van der Waals surface area contributed by atoms with Gasteiger partial charge in [-0.3, -0.25) is 4.79 Å². The molecule has 0 aromatic rings. The van der Waals surface area contributed by atoms with Crippen LogP contribution in [0.2, 0.25) is 0 Å². The van der Waals surface area contributed by atoms with Crippen LogP contribution in [0.4, 0.5) is 4.79 Å². The van der Waals surface area contributed by atoms with Gasteiger partial charge in [-0.25, -0.2) is 4.79 Å². The Morgan fingerprint density at radius 1 is 1.47 bits per heavy atom. The molecule has 1 saturated heterocycles. The van der Waals surface area contributed by atoms with Crippen molar-refractivity contribution >= 4 is 23.6 Å². The third kappa shape index (κ3) is 3.58. The smallest absolute Gasteiger partial charge is 0.404 e. The van der Waals surface area contributed by atoms with Gasteiger partial charge in [-0.15, -0.1) is 11.6 Å². The molecule has 86 valence electrons. The lowest BCUT2D eigenvalue weighted by Crippen LogP contribution is -2.47. The van der Waals surface area contributed by atoms with Gasteiger partial charge in [-0.2, -0.15) is 0 Å². The lowest BCUT2D eigenvalue weighted by Gasteiger charge is -2.34. The third-order valence-electron chi connectivity index (χ3n) is 2.48. The highest BCUT2D eigenvalue weighted by Gasteiger charge is 2.26. The van der Waals surface area contributed by atoms with E-state index >= 15 is 0 Å². The SMILES string of the molecule is NC(=O)OCC1CCCCN1C(=O)CCl. The van der Waals surface area contributed by atoms with Crippen molar-refractivity contribution in [2.24, 2.45) is 5.73 Å². The minimum absolute atomic E-state index is 0.0347. The summed E-state index contributed by atoms with van der Waals surface area (Å²) < 4.78 is 4.71. The molecule has 1 heterocycles. The van der Waals surface area contributed by atoms with Gasteiger partial charge in [0.15, 0.2) is 0 Å². The average molecular weight is 235 g/mol. The highest BCUT2D eigenvalue weighted by atomic mass is 35.5. The van der Waals surface area contributed by atoms with Crippen LogP contribution in [0.25, 0.3) is 0 Å². The largest absolute Gasteiger partial charge is 0.448 e. The number of ether oxygens (including phenoxy) is 1. The lowest BCUT2D eigenvalue weighted by atomic mass is 10.0. The number of hydrogen-bond donors (Lipinski definition) is 1. The molecule has 0 radical (unpaired) electrons. The number of primary amides is 1. The maximum atomic E-state index is 11.4. The number of piperidine rings is 1. The van der Waals surface area contributed by atoms with Gasteiger partial charge in [0.1, 0.15) is 12.5 Å². The highest BCUT2D eigenvalue weighted by molar-refractivity contribution is 6.27. The number of amides is 2. The Kier molecular flexibility index (Phi) is 4.68. The zero-order valence-electron chi connectivity index (χ0n) is 8.45. The Morgan fingerprint density at radius 2 is 2.20 bits per heavy atom. The quantitative estimate of drug-likeness (QED) is 0.731. The molecule has 0 aromatic carbocycles. The van der Waals surface area contributed by atoms with Crippen molar-refractivity contribution in [1.82, 2.24) is 4.90 Å². The van der Waals surface area contributed by atoms with Crippen LogP contribution in [0.15, 0.2) is 0 Å². The fourth-order valence-electron chi connectivity index (χ4n) is 1.76. The molecule has 1 atom stereocenters. The van der Waals surface area contributed by atoms with Crippen LogP contribution in [0.5, 0.6) is 0 Å². The molecular weight excluding hydrogens is 220 g/mol. The summed E-state index contributed by atoms with van der Waals surface area (Å²) in [5, 5.41) is 0. The van der Waals surface area contributed by atoms with Crippen molar-refractivity contribution in [2.45, 2.75) is 25.3 Å². The van der Waals surface area contributed by atoms with Crippen molar-refractivity contribution in [2.75, 3.05) is 19.0 Å². The lowest BCUT2D eigenvalue weighted by molar-refractivity contribution is -0.133. The summed E-state index contributed by atoms with van der Waals surface area (Å²) in [6, 6.07) is -0.0718. The second-order valence-corrected chi connectivity index (χ2v) is 3.77. The Morgan fingerprint density at radius 3 is 2.80 bits per heavy atom. The molecule has 1 aliphatic heterocycles. The van der Waals surface area contributed by atoms with Gasteiger partial charge in [-0.1, -0.05) is 0 Å². The maximum absolute atomic E-state index is 11.4. The van der Waals surface area contributed by atoms with E-state index in [1.807, 2.05) is 0 Å². The second-order valence-electron chi connectivity index (χ2n) is 3.50. The zero-order chi connectivity index (χ0) is 11.3. The van der Waals surface area contributed by atoms with Crippen molar-refractivity contribution in [1.29, 1.82) is 0 Å². The van der Waals surface area contributed by atoms with E-state index in [9.17, 15) is 9.59 Å². The van der Waals surface area contributed by atoms with Crippen molar-refractivity contribution in [3.63, 3.8) is 0 Å². The number of carbonyl (C=O) groups excluding carboxylic acids is 2. The van der Waals surface area contributed by atoms with Gasteiger partial charge >= 0.3 is 6.09 Å². The van der Waals surface area contributed by atoms with Crippen LogP contribution in [-0.2, 0) is 9.53 Å². The summed E-state index contributed by atoms with van der Waals surface area (Å²) in [6.45, 7) is 0.844. The zero-order valence-corrected chi connectivity index (χ0v) is 9.20. The fraction of sp³-hybridized carbons (Fsp3) is 0.778. The third-order valence-corrected chi connectivity index (χ3v) is 2.71. The minimum atomic E-state index is -0.807. The molecular formula is C9H15ClN2O3. The number of rotatable bonds is 3. The molecule has 2 N–H and O–H groups in total. The van der Waals surface area contributed by atoms with E-state index < -0.39 is 6.09 Å². The number of nitrogens with two attached hydrogens (primary N) is 1. The summed E-state index contributed by atoms with van der Waals surface area (Å²) in [6.07, 6.45) is 2.02.